The third-order valence-electron chi connectivity index (χ3n) is 3.98. The highest BCUT2D eigenvalue weighted by Crippen LogP contribution is 2.22. The van der Waals surface area contributed by atoms with E-state index in [9.17, 15) is 9.59 Å². The van der Waals surface area contributed by atoms with Crippen molar-refractivity contribution >= 4 is 11.8 Å². The quantitative estimate of drug-likeness (QED) is 0.605. The highest BCUT2D eigenvalue weighted by atomic mass is 16.5. The van der Waals surface area contributed by atoms with Gasteiger partial charge in [0.25, 0.3) is 11.8 Å². The fourth-order valence-electron chi connectivity index (χ4n) is 2.32. The van der Waals surface area contributed by atoms with Crippen LogP contribution < -0.4 is 15.6 Å². The molecule has 0 bridgehead atoms. The minimum atomic E-state index is -0.405. The molecule has 0 aromatic heterocycles. The van der Waals surface area contributed by atoms with E-state index in [1.807, 2.05) is 12.1 Å². The average Bonchev–Trinajstić information content (AvgIpc) is 2.66. The topological polar surface area (TPSA) is 76.7 Å². The van der Waals surface area contributed by atoms with Crippen LogP contribution in [0, 0.1) is 0 Å². The minimum Gasteiger partial charge on any atom is -0.491 e. The highest BCUT2D eigenvalue weighted by Gasteiger charge is 2.14. The monoisotopic (exact) mass is 370 g/mol. The molecular formula is C21H26N2O4. The van der Waals surface area contributed by atoms with Crippen LogP contribution in [0.4, 0.5) is 0 Å². The van der Waals surface area contributed by atoms with Crippen molar-refractivity contribution in [2.45, 2.75) is 26.2 Å². The van der Waals surface area contributed by atoms with Gasteiger partial charge in [-0.05, 0) is 47.4 Å². The summed E-state index contributed by atoms with van der Waals surface area (Å²) in [5.74, 6) is -0.131. The van der Waals surface area contributed by atoms with Crippen molar-refractivity contribution in [1.82, 2.24) is 10.9 Å². The standard InChI is InChI=1S/C21H26N2O4/c1-21(2,3)17-9-5-15(6-10-17)19(24)22-23-20(25)16-7-11-18(12-8-16)27-14-13-26-4/h5-12H,13-14H2,1-4H3,(H,22,24)(H,23,25). The van der Waals surface area contributed by atoms with Gasteiger partial charge in [0.15, 0.2) is 0 Å². The Bertz CT molecular complexity index is 762. The van der Waals surface area contributed by atoms with Crippen molar-refractivity contribution < 1.29 is 19.1 Å². The maximum Gasteiger partial charge on any atom is 0.269 e. The molecule has 0 aliphatic heterocycles. The van der Waals surface area contributed by atoms with E-state index in [2.05, 4.69) is 31.6 Å². The van der Waals surface area contributed by atoms with Gasteiger partial charge in [0.2, 0.25) is 0 Å². The van der Waals surface area contributed by atoms with Crippen LogP contribution in [0.15, 0.2) is 48.5 Å². The fraction of sp³-hybridized carbons (Fsp3) is 0.333. The molecular weight excluding hydrogens is 344 g/mol. The average molecular weight is 370 g/mol. The van der Waals surface area contributed by atoms with Crippen LogP contribution in [-0.2, 0) is 10.2 Å². The molecule has 0 aliphatic rings. The second-order valence-corrected chi connectivity index (χ2v) is 7.10. The van der Waals surface area contributed by atoms with Gasteiger partial charge >= 0.3 is 0 Å². The first-order chi connectivity index (χ1) is 12.8. The summed E-state index contributed by atoms with van der Waals surface area (Å²) in [6.45, 7) is 7.25. The van der Waals surface area contributed by atoms with E-state index in [1.165, 1.54) is 0 Å². The van der Waals surface area contributed by atoms with Crippen LogP contribution >= 0.6 is 0 Å². The Kier molecular flexibility index (Phi) is 6.96. The number of hydrogen-bond acceptors (Lipinski definition) is 4. The molecule has 2 rings (SSSR count). The van der Waals surface area contributed by atoms with Gasteiger partial charge < -0.3 is 9.47 Å². The predicted octanol–water partition coefficient (Wildman–Crippen LogP) is 3.08. The summed E-state index contributed by atoms with van der Waals surface area (Å²) < 4.78 is 10.4. The molecule has 0 radical (unpaired) electrons. The fourth-order valence-corrected chi connectivity index (χ4v) is 2.32. The zero-order chi connectivity index (χ0) is 19.9. The third-order valence-corrected chi connectivity index (χ3v) is 3.98. The molecule has 27 heavy (non-hydrogen) atoms. The van der Waals surface area contributed by atoms with Crippen molar-refractivity contribution in [2.75, 3.05) is 20.3 Å². The third kappa shape index (κ3) is 6.11. The van der Waals surface area contributed by atoms with E-state index in [0.29, 0.717) is 30.1 Å². The van der Waals surface area contributed by atoms with Gasteiger partial charge in [0.1, 0.15) is 12.4 Å². The summed E-state index contributed by atoms with van der Waals surface area (Å²) in [7, 11) is 1.60. The lowest BCUT2D eigenvalue weighted by molar-refractivity contribution is 0.0846. The molecule has 0 unspecified atom stereocenters. The second kappa shape index (κ2) is 9.19. The summed E-state index contributed by atoms with van der Waals surface area (Å²) in [6, 6.07) is 14.0. The summed E-state index contributed by atoms with van der Waals surface area (Å²) in [4.78, 5) is 24.3. The maximum atomic E-state index is 12.2. The molecule has 0 aliphatic carbocycles. The van der Waals surface area contributed by atoms with Crippen molar-refractivity contribution in [2.24, 2.45) is 0 Å². The summed E-state index contributed by atoms with van der Waals surface area (Å²) >= 11 is 0. The second-order valence-electron chi connectivity index (χ2n) is 7.10. The van der Waals surface area contributed by atoms with Gasteiger partial charge in [-0.25, -0.2) is 0 Å². The van der Waals surface area contributed by atoms with E-state index in [4.69, 9.17) is 9.47 Å². The first kappa shape index (κ1) is 20.5. The summed E-state index contributed by atoms with van der Waals surface area (Å²) in [5, 5.41) is 0. The molecule has 6 heteroatoms. The number of amides is 2. The lowest BCUT2D eigenvalue weighted by atomic mass is 9.87. The molecule has 0 atom stereocenters. The number of hydrogen-bond donors (Lipinski definition) is 2. The van der Waals surface area contributed by atoms with Gasteiger partial charge in [0, 0.05) is 18.2 Å². The Morgan fingerprint density at radius 1 is 0.815 bits per heavy atom. The summed E-state index contributed by atoms with van der Waals surface area (Å²) in [5.41, 5.74) is 6.88. The molecule has 0 saturated carbocycles. The first-order valence-corrected chi connectivity index (χ1v) is 8.74. The van der Waals surface area contributed by atoms with E-state index in [1.54, 1.807) is 43.5 Å². The molecule has 2 N–H and O–H groups in total. The number of rotatable bonds is 6. The molecule has 6 nitrogen and oxygen atoms in total. The molecule has 144 valence electrons. The van der Waals surface area contributed by atoms with E-state index in [-0.39, 0.29) is 11.3 Å². The van der Waals surface area contributed by atoms with E-state index < -0.39 is 5.91 Å². The zero-order valence-corrected chi connectivity index (χ0v) is 16.2. The SMILES string of the molecule is COCCOc1ccc(C(=O)NNC(=O)c2ccc(C(C)(C)C)cc2)cc1. The molecule has 0 saturated heterocycles. The van der Waals surface area contributed by atoms with Gasteiger partial charge in [-0.15, -0.1) is 0 Å². The molecule has 2 aromatic carbocycles. The predicted molar refractivity (Wildman–Crippen MR) is 104 cm³/mol. The Morgan fingerprint density at radius 2 is 1.30 bits per heavy atom. The van der Waals surface area contributed by atoms with Crippen LogP contribution in [0.5, 0.6) is 5.75 Å². The van der Waals surface area contributed by atoms with Crippen molar-refractivity contribution in [3.05, 3.63) is 65.2 Å². The number of hydrazine groups is 1. The highest BCUT2D eigenvalue weighted by molar-refractivity contribution is 5.99. The summed E-state index contributed by atoms with van der Waals surface area (Å²) in [6.07, 6.45) is 0. The van der Waals surface area contributed by atoms with E-state index in [0.717, 1.165) is 5.56 Å². The number of nitrogens with one attached hydrogen (secondary N) is 2. The van der Waals surface area contributed by atoms with Crippen LogP contribution in [0.25, 0.3) is 0 Å². The molecule has 0 spiro atoms. The number of carbonyl (C=O) groups excluding carboxylic acids is 2. The Morgan fingerprint density at radius 3 is 1.74 bits per heavy atom. The molecule has 2 aromatic rings. The lowest BCUT2D eigenvalue weighted by Gasteiger charge is -2.19. The smallest absolute Gasteiger partial charge is 0.269 e. The van der Waals surface area contributed by atoms with Crippen LogP contribution in [0.3, 0.4) is 0 Å². The normalized spacial score (nSPS) is 11.0. The van der Waals surface area contributed by atoms with Gasteiger partial charge in [-0.3, -0.25) is 20.4 Å². The number of benzene rings is 2. The Labute approximate surface area is 159 Å². The van der Waals surface area contributed by atoms with Crippen LogP contribution in [0.2, 0.25) is 0 Å². The molecule has 0 heterocycles. The van der Waals surface area contributed by atoms with Crippen molar-refractivity contribution in [3.8, 4) is 5.75 Å². The lowest BCUT2D eigenvalue weighted by Crippen LogP contribution is -2.41. The largest absolute Gasteiger partial charge is 0.491 e. The van der Waals surface area contributed by atoms with Crippen molar-refractivity contribution in [3.63, 3.8) is 0 Å². The number of methoxy groups -OCH3 is 1. The number of carbonyl (C=O) groups is 2. The molecule has 2 amide bonds. The number of ether oxygens (including phenoxy) is 2. The molecule has 0 fully saturated rings. The Balaban J connectivity index is 1.88. The van der Waals surface area contributed by atoms with Gasteiger partial charge in [-0.1, -0.05) is 32.9 Å². The van der Waals surface area contributed by atoms with E-state index >= 15 is 0 Å². The minimum absolute atomic E-state index is 0.0165. The van der Waals surface area contributed by atoms with Crippen LogP contribution in [0.1, 0.15) is 47.1 Å². The van der Waals surface area contributed by atoms with Crippen LogP contribution in [-0.4, -0.2) is 32.1 Å². The first-order valence-electron chi connectivity index (χ1n) is 8.74. The zero-order valence-electron chi connectivity index (χ0n) is 16.2. The van der Waals surface area contributed by atoms with Gasteiger partial charge in [0.05, 0.1) is 6.61 Å². The Hall–Kier alpha value is -2.86. The van der Waals surface area contributed by atoms with Gasteiger partial charge in [-0.2, -0.15) is 0 Å². The maximum absolute atomic E-state index is 12.2. The van der Waals surface area contributed by atoms with Crippen molar-refractivity contribution in [1.29, 1.82) is 0 Å².